The Morgan fingerprint density at radius 2 is 2.00 bits per heavy atom. The minimum atomic E-state index is -4.42. The minimum Gasteiger partial charge on any atom is -0.441 e. The van der Waals surface area contributed by atoms with Crippen LogP contribution >= 0.6 is 0 Å². The van der Waals surface area contributed by atoms with Crippen molar-refractivity contribution in [1.82, 2.24) is 9.88 Å². The van der Waals surface area contributed by atoms with E-state index in [0.717, 1.165) is 10.5 Å². The lowest BCUT2D eigenvalue weighted by molar-refractivity contribution is -0.160. The molecule has 0 aliphatic heterocycles. The first-order chi connectivity index (χ1) is 11.9. The van der Waals surface area contributed by atoms with Gasteiger partial charge in [-0.1, -0.05) is 36.4 Å². The normalized spacial score (nSPS) is 11.3. The van der Waals surface area contributed by atoms with E-state index in [1.807, 2.05) is 30.3 Å². The van der Waals surface area contributed by atoms with Gasteiger partial charge in [0, 0.05) is 24.9 Å². The average Bonchev–Trinajstić information content (AvgIpc) is 3.03. The lowest BCUT2D eigenvalue weighted by Gasteiger charge is -2.22. The van der Waals surface area contributed by atoms with Crippen molar-refractivity contribution < 1.29 is 22.4 Å². The number of oxazole rings is 1. The zero-order valence-electron chi connectivity index (χ0n) is 13.6. The van der Waals surface area contributed by atoms with E-state index in [4.69, 9.17) is 4.42 Å². The molecule has 0 saturated carbocycles. The molecule has 1 aromatic carbocycles. The molecule has 2 rings (SSSR count). The Morgan fingerprint density at radius 3 is 2.64 bits per heavy atom. The maximum Gasteiger partial charge on any atom is 0.406 e. The number of carbonyl (C=O) groups excluding carboxylic acids is 1. The van der Waals surface area contributed by atoms with Gasteiger partial charge in [0.25, 0.3) is 0 Å². The van der Waals surface area contributed by atoms with Crippen LogP contribution in [0.3, 0.4) is 0 Å². The highest BCUT2D eigenvalue weighted by molar-refractivity contribution is 5.76. The van der Waals surface area contributed by atoms with Crippen LogP contribution in [0.1, 0.15) is 18.7 Å². The van der Waals surface area contributed by atoms with Crippen LogP contribution < -0.4 is 0 Å². The summed E-state index contributed by atoms with van der Waals surface area (Å²) in [6.07, 6.45) is -0.811. The maximum atomic E-state index is 12.5. The first kappa shape index (κ1) is 18.8. The third kappa shape index (κ3) is 6.10. The molecule has 1 aromatic heterocycles. The molecular weight excluding hydrogens is 333 g/mol. The fraction of sp³-hybridized carbons (Fsp3) is 0.333. The van der Waals surface area contributed by atoms with Gasteiger partial charge in [-0.2, -0.15) is 13.2 Å². The molecule has 4 nitrogen and oxygen atoms in total. The summed E-state index contributed by atoms with van der Waals surface area (Å²) in [6, 6.07) is 9.43. The van der Waals surface area contributed by atoms with Gasteiger partial charge in [0.15, 0.2) is 11.7 Å². The second-order valence-electron chi connectivity index (χ2n) is 5.52. The fourth-order valence-electron chi connectivity index (χ4n) is 2.34. The summed E-state index contributed by atoms with van der Waals surface area (Å²) in [7, 11) is 0. The molecule has 0 radical (unpaired) electrons. The fourth-order valence-corrected chi connectivity index (χ4v) is 2.34. The number of aryl methyl sites for hydroxylation is 1. The number of halogens is 3. The van der Waals surface area contributed by atoms with Crippen molar-refractivity contribution in [2.24, 2.45) is 0 Å². The molecule has 25 heavy (non-hydrogen) atoms. The van der Waals surface area contributed by atoms with Crippen molar-refractivity contribution in [3.63, 3.8) is 0 Å². The number of hydrogen-bond acceptors (Lipinski definition) is 3. The van der Waals surface area contributed by atoms with Gasteiger partial charge in [-0.05, 0) is 6.42 Å². The van der Waals surface area contributed by atoms with Crippen LogP contribution in [0.25, 0.3) is 11.3 Å². The zero-order valence-corrected chi connectivity index (χ0v) is 13.6. The monoisotopic (exact) mass is 352 g/mol. The molecule has 7 heteroatoms. The minimum absolute atomic E-state index is 0.00697. The van der Waals surface area contributed by atoms with E-state index in [9.17, 15) is 18.0 Å². The molecule has 0 saturated heterocycles. The summed E-state index contributed by atoms with van der Waals surface area (Å²) in [5.74, 6) is 0.511. The zero-order chi connectivity index (χ0) is 18.3. The van der Waals surface area contributed by atoms with Crippen LogP contribution in [-0.2, 0) is 11.2 Å². The van der Waals surface area contributed by atoms with Crippen LogP contribution in [0, 0.1) is 0 Å². The number of benzene rings is 1. The standard InChI is InChI=1S/C18H19F3N2O2/c1-2-11-23(13-18(19,20)21)17(24)10-6-9-16-22-12-15(25-16)14-7-4-3-5-8-14/h2-5,7-8,12H,1,6,9-11,13H2. The van der Waals surface area contributed by atoms with Crippen LogP contribution in [0.5, 0.6) is 0 Å². The predicted molar refractivity (Wildman–Crippen MR) is 87.7 cm³/mol. The van der Waals surface area contributed by atoms with Gasteiger partial charge in [-0.15, -0.1) is 6.58 Å². The van der Waals surface area contributed by atoms with Gasteiger partial charge in [0.2, 0.25) is 5.91 Å². The molecule has 0 aliphatic rings. The summed E-state index contributed by atoms with van der Waals surface area (Å²) in [4.78, 5) is 16.8. The highest BCUT2D eigenvalue weighted by Gasteiger charge is 2.32. The summed E-state index contributed by atoms with van der Waals surface area (Å²) < 4.78 is 43.1. The molecule has 0 unspecified atom stereocenters. The number of aromatic nitrogens is 1. The third-order valence-corrected chi connectivity index (χ3v) is 3.47. The number of alkyl halides is 3. The molecule has 0 spiro atoms. The Kier molecular flexibility index (Phi) is 6.38. The SMILES string of the molecule is C=CCN(CC(F)(F)F)C(=O)CCCc1ncc(-c2ccccc2)o1. The van der Waals surface area contributed by atoms with E-state index in [1.54, 1.807) is 6.20 Å². The van der Waals surface area contributed by atoms with Crippen LogP contribution in [0.2, 0.25) is 0 Å². The van der Waals surface area contributed by atoms with E-state index in [1.165, 1.54) is 6.08 Å². The molecule has 0 fully saturated rings. The lowest BCUT2D eigenvalue weighted by Crippen LogP contribution is -2.39. The summed E-state index contributed by atoms with van der Waals surface area (Å²) >= 11 is 0. The van der Waals surface area contributed by atoms with E-state index < -0.39 is 18.6 Å². The van der Waals surface area contributed by atoms with E-state index in [2.05, 4.69) is 11.6 Å². The van der Waals surface area contributed by atoms with Gasteiger partial charge in [-0.3, -0.25) is 4.79 Å². The first-order valence-electron chi connectivity index (χ1n) is 7.84. The van der Waals surface area contributed by atoms with E-state index in [0.29, 0.717) is 24.5 Å². The highest BCUT2D eigenvalue weighted by Crippen LogP contribution is 2.21. The predicted octanol–water partition coefficient (Wildman–Crippen LogP) is 4.24. The largest absolute Gasteiger partial charge is 0.441 e. The Bertz CT molecular complexity index is 696. The Labute approximate surface area is 144 Å². The topological polar surface area (TPSA) is 46.3 Å². The average molecular weight is 352 g/mol. The van der Waals surface area contributed by atoms with Crippen molar-refractivity contribution in [2.45, 2.75) is 25.4 Å². The van der Waals surface area contributed by atoms with Gasteiger partial charge in [0.05, 0.1) is 6.20 Å². The van der Waals surface area contributed by atoms with Crippen molar-refractivity contribution in [3.05, 3.63) is 55.1 Å². The van der Waals surface area contributed by atoms with Gasteiger partial charge in [-0.25, -0.2) is 4.98 Å². The van der Waals surface area contributed by atoms with E-state index in [-0.39, 0.29) is 13.0 Å². The molecule has 0 N–H and O–H groups in total. The van der Waals surface area contributed by atoms with Crippen LogP contribution in [0.4, 0.5) is 13.2 Å². The summed E-state index contributed by atoms with van der Waals surface area (Å²) in [6.45, 7) is 1.99. The molecule has 2 aromatic rings. The van der Waals surface area contributed by atoms with Gasteiger partial charge in [0.1, 0.15) is 6.54 Å². The summed E-state index contributed by atoms with van der Waals surface area (Å²) in [5.41, 5.74) is 0.889. The van der Waals surface area contributed by atoms with Gasteiger partial charge < -0.3 is 9.32 Å². The van der Waals surface area contributed by atoms with E-state index >= 15 is 0 Å². The lowest BCUT2D eigenvalue weighted by atomic mass is 10.2. The smallest absolute Gasteiger partial charge is 0.406 e. The van der Waals surface area contributed by atoms with Crippen molar-refractivity contribution in [1.29, 1.82) is 0 Å². The molecular formula is C18H19F3N2O2. The second-order valence-corrected chi connectivity index (χ2v) is 5.52. The second kappa shape index (κ2) is 8.50. The van der Waals surface area contributed by atoms with Crippen molar-refractivity contribution in [3.8, 4) is 11.3 Å². The molecule has 1 amide bonds. The van der Waals surface area contributed by atoms with Crippen molar-refractivity contribution >= 4 is 5.91 Å². The van der Waals surface area contributed by atoms with Crippen molar-refractivity contribution in [2.75, 3.05) is 13.1 Å². The van der Waals surface area contributed by atoms with Crippen LogP contribution in [-0.4, -0.2) is 35.1 Å². The Hall–Kier alpha value is -2.57. The number of amides is 1. The third-order valence-electron chi connectivity index (χ3n) is 3.47. The first-order valence-corrected chi connectivity index (χ1v) is 7.84. The molecule has 0 aliphatic carbocycles. The quantitative estimate of drug-likeness (QED) is 0.668. The van der Waals surface area contributed by atoms with Gasteiger partial charge >= 0.3 is 6.18 Å². The Balaban J connectivity index is 1.86. The maximum absolute atomic E-state index is 12.5. The van der Waals surface area contributed by atoms with Crippen LogP contribution in [0.15, 0.2) is 53.6 Å². The molecule has 0 bridgehead atoms. The highest BCUT2D eigenvalue weighted by atomic mass is 19.4. The number of carbonyl (C=O) groups is 1. The Morgan fingerprint density at radius 1 is 1.28 bits per heavy atom. The number of nitrogens with zero attached hydrogens (tertiary/aromatic N) is 2. The molecule has 1 heterocycles. The summed E-state index contributed by atoms with van der Waals surface area (Å²) in [5, 5.41) is 0. The molecule has 134 valence electrons. The number of hydrogen-bond donors (Lipinski definition) is 0. The molecule has 0 atom stereocenters. The number of rotatable bonds is 8.